The highest BCUT2D eigenvalue weighted by molar-refractivity contribution is 7.52. The lowest BCUT2D eigenvalue weighted by Crippen LogP contribution is -2.40. The van der Waals surface area contributed by atoms with Gasteiger partial charge in [0.2, 0.25) is 5.95 Å². The maximum Gasteiger partial charge on any atom is 0.280 e. The molecule has 0 radical (unpaired) electrons. The van der Waals surface area contributed by atoms with Crippen molar-refractivity contribution in [3.63, 3.8) is 0 Å². The molecule has 0 bridgehead atoms. The van der Waals surface area contributed by atoms with Crippen LogP contribution in [0.3, 0.4) is 0 Å². The number of nitrogens with zero attached hydrogens (tertiary/aromatic N) is 3. The lowest BCUT2D eigenvalue weighted by atomic mass is 10.0. The van der Waals surface area contributed by atoms with Gasteiger partial charge in [0.05, 0.1) is 19.0 Å². The molecule has 5 atom stereocenters. The van der Waals surface area contributed by atoms with E-state index in [-0.39, 0.29) is 29.8 Å². The van der Waals surface area contributed by atoms with Crippen LogP contribution >= 0.6 is 7.60 Å². The predicted octanol–water partition coefficient (Wildman–Crippen LogP) is 6.24. The third-order valence-corrected chi connectivity index (χ3v) is 10.1. The van der Waals surface area contributed by atoms with Crippen molar-refractivity contribution in [2.24, 2.45) is 0 Å². The highest BCUT2D eigenvalue weighted by atomic mass is 31.2. The standard InChI is InChI=1S/C32H58N5O7P/c1-6-7-8-9-10-11-12-13-14-15-16-17-18-19-20-41-28-27(44-45(39,40)24(4)5)25(21-42-23(2)3)43-31(28)37-22-34-26-29(37)35-32(33)36-30(26)38/h22-25,27-28,31H,6-21H2,1-5H3,(H,39,40)(H3,33,35,36,38)/p-1/t25-,27+,28?,31-/m1/s1. The molecule has 3 N–H and O–H groups in total. The van der Waals surface area contributed by atoms with Crippen LogP contribution in [0.4, 0.5) is 5.95 Å². The van der Waals surface area contributed by atoms with Gasteiger partial charge in [0.15, 0.2) is 17.4 Å². The van der Waals surface area contributed by atoms with Crippen LogP contribution in [0.2, 0.25) is 0 Å². The van der Waals surface area contributed by atoms with Crippen molar-refractivity contribution in [3.8, 4) is 0 Å². The number of nitrogen functional groups attached to an aromatic ring is 1. The molecule has 45 heavy (non-hydrogen) atoms. The first kappa shape index (κ1) is 37.6. The second-order valence-corrected chi connectivity index (χ2v) is 15.2. The number of imidazole rings is 1. The molecular formula is C32H57N5O7P-. The van der Waals surface area contributed by atoms with Gasteiger partial charge in [-0.25, -0.2) is 4.98 Å². The zero-order chi connectivity index (χ0) is 32.8. The molecule has 1 saturated heterocycles. The number of hydrogen-bond donors (Lipinski definition) is 2. The number of fused-ring (bicyclic) bond motifs is 1. The van der Waals surface area contributed by atoms with Gasteiger partial charge < -0.3 is 33.9 Å². The molecule has 0 aliphatic carbocycles. The van der Waals surface area contributed by atoms with Gasteiger partial charge >= 0.3 is 0 Å². The van der Waals surface area contributed by atoms with Crippen molar-refractivity contribution in [1.29, 1.82) is 0 Å². The topological polar surface area (TPSA) is 167 Å². The number of hydrogen-bond acceptors (Lipinski definition) is 10. The summed E-state index contributed by atoms with van der Waals surface area (Å²) in [5.41, 5.74) is 4.93. The zero-order valence-electron chi connectivity index (χ0n) is 28.1. The Morgan fingerprint density at radius 3 is 2.11 bits per heavy atom. The van der Waals surface area contributed by atoms with Crippen molar-refractivity contribution in [2.75, 3.05) is 18.9 Å². The van der Waals surface area contributed by atoms with E-state index in [1.807, 2.05) is 13.8 Å². The van der Waals surface area contributed by atoms with E-state index < -0.39 is 43.4 Å². The van der Waals surface area contributed by atoms with E-state index >= 15 is 0 Å². The number of anilines is 1. The third-order valence-electron chi connectivity index (χ3n) is 8.31. The minimum absolute atomic E-state index is 0.0662. The van der Waals surface area contributed by atoms with Crippen molar-refractivity contribution < 1.29 is 28.2 Å². The highest BCUT2D eigenvalue weighted by Crippen LogP contribution is 2.48. The van der Waals surface area contributed by atoms with Crippen LogP contribution < -0.4 is 16.2 Å². The second-order valence-electron chi connectivity index (χ2n) is 12.9. The molecule has 12 nitrogen and oxygen atoms in total. The average Bonchev–Trinajstić information content (AvgIpc) is 3.54. The fraction of sp³-hybridized carbons (Fsp3) is 0.844. The number of nitrogens with two attached hydrogens (primary N) is 1. The lowest BCUT2D eigenvalue weighted by Gasteiger charge is -2.34. The van der Waals surface area contributed by atoms with Gasteiger partial charge in [-0.1, -0.05) is 104 Å². The summed E-state index contributed by atoms with van der Waals surface area (Å²) in [5, 5.41) is 0. The van der Waals surface area contributed by atoms with E-state index in [2.05, 4.69) is 21.9 Å². The van der Waals surface area contributed by atoms with Crippen LogP contribution in [0.5, 0.6) is 0 Å². The lowest BCUT2D eigenvalue weighted by molar-refractivity contribution is -0.210. The van der Waals surface area contributed by atoms with Crippen molar-refractivity contribution in [1.82, 2.24) is 19.5 Å². The average molecular weight is 655 g/mol. The quantitative estimate of drug-likeness (QED) is 0.103. The van der Waals surface area contributed by atoms with Gasteiger partial charge in [-0.05, 0) is 20.3 Å². The first-order chi connectivity index (χ1) is 21.5. The minimum Gasteiger partial charge on any atom is -0.778 e. The van der Waals surface area contributed by atoms with Gasteiger partial charge in [0, 0.05) is 12.3 Å². The van der Waals surface area contributed by atoms with Crippen molar-refractivity contribution in [2.45, 2.75) is 161 Å². The monoisotopic (exact) mass is 654 g/mol. The molecule has 1 fully saturated rings. The first-order valence-corrected chi connectivity index (χ1v) is 18.8. The summed E-state index contributed by atoms with van der Waals surface area (Å²) in [7, 11) is -4.26. The van der Waals surface area contributed by atoms with Crippen LogP contribution in [-0.4, -0.2) is 62.8 Å². The van der Waals surface area contributed by atoms with E-state index in [0.29, 0.717) is 6.61 Å². The highest BCUT2D eigenvalue weighted by Gasteiger charge is 2.49. The largest absolute Gasteiger partial charge is 0.778 e. The maximum atomic E-state index is 13.0. The van der Waals surface area contributed by atoms with Crippen LogP contribution in [0.15, 0.2) is 11.1 Å². The summed E-state index contributed by atoms with van der Waals surface area (Å²) in [6.45, 7) is 9.68. The predicted molar refractivity (Wildman–Crippen MR) is 175 cm³/mol. The van der Waals surface area contributed by atoms with Crippen LogP contribution in [-0.2, 0) is 23.3 Å². The summed E-state index contributed by atoms with van der Waals surface area (Å²) >= 11 is 0. The van der Waals surface area contributed by atoms with Crippen LogP contribution in [0.25, 0.3) is 11.2 Å². The Labute approximate surface area is 268 Å². The number of ether oxygens (including phenoxy) is 3. The molecule has 13 heteroatoms. The summed E-state index contributed by atoms with van der Waals surface area (Å²) in [6, 6.07) is 0. The van der Waals surface area contributed by atoms with Gasteiger partial charge in [-0.15, -0.1) is 0 Å². The Balaban J connectivity index is 1.60. The molecule has 2 aromatic heterocycles. The fourth-order valence-electron chi connectivity index (χ4n) is 5.59. The smallest absolute Gasteiger partial charge is 0.280 e. The van der Waals surface area contributed by atoms with Gasteiger partial charge in [-0.2, -0.15) is 4.98 Å². The molecule has 0 saturated carbocycles. The van der Waals surface area contributed by atoms with Crippen LogP contribution in [0, 0.1) is 0 Å². The molecule has 1 aliphatic rings. The van der Waals surface area contributed by atoms with E-state index in [9.17, 15) is 14.3 Å². The molecule has 1 aliphatic heterocycles. The van der Waals surface area contributed by atoms with E-state index in [1.165, 1.54) is 77.0 Å². The van der Waals surface area contributed by atoms with Gasteiger partial charge in [0.1, 0.15) is 25.9 Å². The summed E-state index contributed by atoms with van der Waals surface area (Å²) in [5.74, 6) is -0.0662. The second kappa shape index (κ2) is 19.1. The van der Waals surface area contributed by atoms with Crippen molar-refractivity contribution >= 4 is 24.7 Å². The SMILES string of the molecule is CCCCCCCCCCCCCCCCOC1[C@@H](OP(=O)([O-])C(C)C)[C@@H](COC(C)C)O[C@H]1n1cnc2c(=O)[nH]c(N)nc21. The van der Waals surface area contributed by atoms with E-state index in [4.69, 9.17) is 24.5 Å². The maximum absolute atomic E-state index is 13.0. The Kier molecular flexibility index (Phi) is 16.0. The van der Waals surface area contributed by atoms with Gasteiger partial charge in [0.25, 0.3) is 5.56 Å². The number of aromatic amines is 1. The fourth-order valence-corrected chi connectivity index (χ4v) is 6.43. The van der Waals surface area contributed by atoms with E-state index in [0.717, 1.165) is 19.3 Å². The molecule has 3 heterocycles. The van der Waals surface area contributed by atoms with Crippen LogP contribution in [0.1, 0.15) is 131 Å². The molecule has 0 aromatic carbocycles. The third kappa shape index (κ3) is 11.7. The number of nitrogens with one attached hydrogen (secondary N) is 1. The summed E-state index contributed by atoms with van der Waals surface area (Å²) < 4.78 is 38.9. The Morgan fingerprint density at radius 1 is 0.978 bits per heavy atom. The zero-order valence-corrected chi connectivity index (χ0v) is 29.0. The molecule has 258 valence electrons. The first-order valence-electron chi connectivity index (χ1n) is 17.1. The number of aromatic nitrogens is 4. The molecule has 2 unspecified atom stereocenters. The number of H-pyrrole nitrogens is 1. The normalized spacial score (nSPS) is 21.8. The minimum atomic E-state index is -4.26. The van der Waals surface area contributed by atoms with E-state index in [1.54, 1.807) is 18.4 Å². The summed E-state index contributed by atoms with van der Waals surface area (Å²) in [4.78, 5) is 36.4. The molecule has 2 aromatic rings. The molecular weight excluding hydrogens is 597 g/mol. The van der Waals surface area contributed by atoms with Crippen molar-refractivity contribution in [3.05, 3.63) is 16.7 Å². The molecule has 0 amide bonds. The van der Waals surface area contributed by atoms with Gasteiger partial charge in [-0.3, -0.25) is 14.3 Å². The molecule has 0 spiro atoms. The molecule has 3 rings (SSSR count). The summed E-state index contributed by atoms with van der Waals surface area (Å²) in [6.07, 6.45) is 15.4. The number of rotatable bonds is 23. The number of unbranched alkanes of at least 4 members (excludes halogenated alkanes) is 13. The Hall–Kier alpha value is -1.82. The Bertz CT molecular complexity index is 1240. The Morgan fingerprint density at radius 2 is 1.56 bits per heavy atom.